The lowest BCUT2D eigenvalue weighted by Crippen LogP contribution is -2.33. The van der Waals surface area contributed by atoms with Crippen molar-refractivity contribution in [3.63, 3.8) is 0 Å². The van der Waals surface area contributed by atoms with Gasteiger partial charge in [0.2, 0.25) is 5.91 Å². The minimum atomic E-state index is 0.186. The minimum Gasteiger partial charge on any atom is -0.497 e. The molecule has 20 heavy (non-hydrogen) atoms. The third-order valence-electron chi connectivity index (χ3n) is 3.83. The van der Waals surface area contributed by atoms with Gasteiger partial charge in [-0.3, -0.25) is 4.79 Å². The number of hydrogen-bond donors (Lipinski definition) is 2. The summed E-state index contributed by atoms with van der Waals surface area (Å²) in [5.74, 6) is 1.60. The maximum atomic E-state index is 11.9. The van der Waals surface area contributed by atoms with E-state index in [0.29, 0.717) is 18.9 Å². The van der Waals surface area contributed by atoms with Crippen molar-refractivity contribution in [2.24, 2.45) is 5.92 Å². The minimum absolute atomic E-state index is 0.186. The summed E-state index contributed by atoms with van der Waals surface area (Å²) in [6, 6.07) is 7.98. The Morgan fingerprint density at radius 1 is 1.30 bits per heavy atom. The first kappa shape index (κ1) is 14.9. The van der Waals surface area contributed by atoms with E-state index < -0.39 is 0 Å². The van der Waals surface area contributed by atoms with Crippen LogP contribution in [0.4, 0.5) is 0 Å². The van der Waals surface area contributed by atoms with Gasteiger partial charge in [-0.2, -0.15) is 0 Å². The van der Waals surface area contributed by atoms with Crippen LogP contribution in [0, 0.1) is 5.92 Å². The van der Waals surface area contributed by atoms with Crippen LogP contribution in [0.1, 0.15) is 24.8 Å². The molecule has 0 unspecified atom stereocenters. The van der Waals surface area contributed by atoms with Gasteiger partial charge in [0, 0.05) is 13.0 Å². The van der Waals surface area contributed by atoms with E-state index in [2.05, 4.69) is 10.6 Å². The molecular formula is C16H24N2O2. The Morgan fingerprint density at radius 3 is 2.65 bits per heavy atom. The number of piperidine rings is 1. The second-order valence-corrected chi connectivity index (χ2v) is 5.35. The van der Waals surface area contributed by atoms with Gasteiger partial charge in [-0.15, -0.1) is 0 Å². The van der Waals surface area contributed by atoms with Crippen LogP contribution in [0.25, 0.3) is 0 Å². The number of methoxy groups -OCH3 is 1. The molecule has 1 fully saturated rings. The van der Waals surface area contributed by atoms with E-state index in [1.807, 2.05) is 24.3 Å². The molecule has 0 spiro atoms. The van der Waals surface area contributed by atoms with Crippen molar-refractivity contribution in [1.82, 2.24) is 10.6 Å². The predicted molar refractivity (Wildman–Crippen MR) is 79.9 cm³/mol. The highest BCUT2D eigenvalue weighted by atomic mass is 16.5. The molecule has 1 aromatic rings. The van der Waals surface area contributed by atoms with Gasteiger partial charge >= 0.3 is 0 Å². The molecule has 2 rings (SSSR count). The summed E-state index contributed by atoms with van der Waals surface area (Å²) < 4.78 is 5.12. The average Bonchev–Trinajstić information content (AvgIpc) is 2.49. The number of nitrogens with one attached hydrogen (secondary N) is 2. The van der Waals surface area contributed by atoms with E-state index in [1.165, 1.54) is 5.56 Å². The SMILES string of the molecule is COc1ccc(CCNC(=O)CC2CCNCC2)cc1. The summed E-state index contributed by atoms with van der Waals surface area (Å²) >= 11 is 0. The Kier molecular flexibility index (Phi) is 5.87. The fraction of sp³-hybridized carbons (Fsp3) is 0.562. The molecular weight excluding hydrogens is 252 g/mol. The zero-order chi connectivity index (χ0) is 14.2. The average molecular weight is 276 g/mol. The zero-order valence-corrected chi connectivity index (χ0v) is 12.2. The molecule has 0 radical (unpaired) electrons. The first-order valence-electron chi connectivity index (χ1n) is 7.38. The Hall–Kier alpha value is -1.55. The summed E-state index contributed by atoms with van der Waals surface area (Å²) in [6.45, 7) is 2.80. The lowest BCUT2D eigenvalue weighted by molar-refractivity contribution is -0.122. The van der Waals surface area contributed by atoms with Gasteiger partial charge in [0.25, 0.3) is 0 Å². The summed E-state index contributed by atoms with van der Waals surface area (Å²) in [5.41, 5.74) is 1.22. The fourth-order valence-electron chi connectivity index (χ4n) is 2.56. The Balaban J connectivity index is 1.65. The molecule has 1 saturated heterocycles. The largest absolute Gasteiger partial charge is 0.497 e. The number of rotatable bonds is 6. The van der Waals surface area contributed by atoms with Crippen molar-refractivity contribution in [1.29, 1.82) is 0 Å². The van der Waals surface area contributed by atoms with Crippen LogP contribution in [-0.2, 0) is 11.2 Å². The standard InChI is InChI=1S/C16H24N2O2/c1-20-15-4-2-13(3-5-15)8-11-18-16(19)12-14-6-9-17-10-7-14/h2-5,14,17H,6-12H2,1H3,(H,18,19). The van der Waals surface area contributed by atoms with Crippen molar-refractivity contribution in [2.45, 2.75) is 25.7 Å². The van der Waals surface area contributed by atoms with Crippen molar-refractivity contribution in [2.75, 3.05) is 26.7 Å². The molecule has 0 aromatic heterocycles. The molecule has 0 bridgehead atoms. The van der Waals surface area contributed by atoms with Crippen molar-refractivity contribution >= 4 is 5.91 Å². The monoisotopic (exact) mass is 276 g/mol. The molecule has 0 aliphatic carbocycles. The summed E-state index contributed by atoms with van der Waals surface area (Å²) in [7, 11) is 1.66. The molecule has 0 saturated carbocycles. The van der Waals surface area contributed by atoms with Crippen molar-refractivity contribution < 1.29 is 9.53 Å². The molecule has 110 valence electrons. The van der Waals surface area contributed by atoms with Crippen LogP contribution < -0.4 is 15.4 Å². The maximum Gasteiger partial charge on any atom is 0.220 e. The van der Waals surface area contributed by atoms with Crippen LogP contribution in [0.3, 0.4) is 0 Å². The Labute approximate surface area is 120 Å². The highest BCUT2D eigenvalue weighted by Gasteiger charge is 2.16. The van der Waals surface area contributed by atoms with Crippen LogP contribution in [0.2, 0.25) is 0 Å². The number of carbonyl (C=O) groups excluding carboxylic acids is 1. The number of ether oxygens (including phenoxy) is 1. The first-order valence-corrected chi connectivity index (χ1v) is 7.38. The van der Waals surface area contributed by atoms with Crippen LogP contribution in [0.5, 0.6) is 5.75 Å². The number of amides is 1. The van der Waals surface area contributed by atoms with Gasteiger partial charge in [-0.05, 0) is 56.0 Å². The van der Waals surface area contributed by atoms with Gasteiger partial charge in [0.1, 0.15) is 5.75 Å². The molecule has 1 aliphatic heterocycles. The summed E-state index contributed by atoms with van der Waals surface area (Å²) in [4.78, 5) is 11.9. The van der Waals surface area contributed by atoms with Crippen molar-refractivity contribution in [3.05, 3.63) is 29.8 Å². The number of benzene rings is 1. The lowest BCUT2D eigenvalue weighted by atomic mass is 9.94. The summed E-state index contributed by atoms with van der Waals surface area (Å²) in [6.07, 6.45) is 3.77. The second-order valence-electron chi connectivity index (χ2n) is 5.35. The smallest absolute Gasteiger partial charge is 0.220 e. The zero-order valence-electron chi connectivity index (χ0n) is 12.2. The van der Waals surface area contributed by atoms with E-state index in [0.717, 1.165) is 38.1 Å². The first-order chi connectivity index (χ1) is 9.78. The van der Waals surface area contributed by atoms with E-state index in [4.69, 9.17) is 4.74 Å². The molecule has 1 aromatic carbocycles. The van der Waals surface area contributed by atoms with Gasteiger partial charge in [0.15, 0.2) is 0 Å². The molecule has 1 heterocycles. The van der Waals surface area contributed by atoms with Crippen LogP contribution in [-0.4, -0.2) is 32.7 Å². The fourth-order valence-corrected chi connectivity index (χ4v) is 2.56. The molecule has 1 amide bonds. The van der Waals surface area contributed by atoms with E-state index in [1.54, 1.807) is 7.11 Å². The van der Waals surface area contributed by atoms with E-state index >= 15 is 0 Å². The highest BCUT2D eigenvalue weighted by Crippen LogP contribution is 2.15. The highest BCUT2D eigenvalue weighted by molar-refractivity contribution is 5.76. The molecule has 1 aliphatic rings. The van der Waals surface area contributed by atoms with Gasteiger partial charge in [-0.1, -0.05) is 12.1 Å². The van der Waals surface area contributed by atoms with Gasteiger partial charge in [0.05, 0.1) is 7.11 Å². The lowest BCUT2D eigenvalue weighted by Gasteiger charge is -2.21. The predicted octanol–water partition coefficient (Wildman–Crippen LogP) is 1.74. The van der Waals surface area contributed by atoms with Crippen LogP contribution in [0.15, 0.2) is 24.3 Å². The van der Waals surface area contributed by atoms with Crippen molar-refractivity contribution in [3.8, 4) is 5.75 Å². The quantitative estimate of drug-likeness (QED) is 0.832. The maximum absolute atomic E-state index is 11.9. The van der Waals surface area contributed by atoms with Gasteiger partial charge < -0.3 is 15.4 Å². The normalized spacial score (nSPS) is 15.8. The number of carbonyl (C=O) groups is 1. The number of hydrogen-bond acceptors (Lipinski definition) is 3. The molecule has 4 heteroatoms. The molecule has 2 N–H and O–H groups in total. The Bertz CT molecular complexity index is 411. The van der Waals surface area contributed by atoms with Gasteiger partial charge in [-0.25, -0.2) is 0 Å². The third kappa shape index (κ3) is 4.85. The van der Waals surface area contributed by atoms with E-state index in [-0.39, 0.29) is 5.91 Å². The topological polar surface area (TPSA) is 50.4 Å². The summed E-state index contributed by atoms with van der Waals surface area (Å²) in [5, 5.41) is 6.34. The second kappa shape index (κ2) is 7.90. The molecule has 0 atom stereocenters. The van der Waals surface area contributed by atoms with E-state index in [9.17, 15) is 4.79 Å². The van der Waals surface area contributed by atoms with Crippen LogP contribution >= 0.6 is 0 Å². The third-order valence-corrected chi connectivity index (χ3v) is 3.83. The molecule has 4 nitrogen and oxygen atoms in total. The Morgan fingerprint density at radius 2 is 2.00 bits per heavy atom.